The molecule has 0 fully saturated rings. The van der Waals surface area contributed by atoms with Gasteiger partial charge in [-0.3, -0.25) is 9.59 Å². The summed E-state index contributed by atoms with van der Waals surface area (Å²) in [5.41, 5.74) is -0.291. The molecular formula is C17H21N3O4. The maximum atomic E-state index is 12.4. The molecule has 128 valence electrons. The standard InChI is InChI=1S/C17H21N3O4/c1-10(2)9-18-15(21)11(3)24-17(23)14-12-7-5-6-8-13(12)16(22)20(4)19-14/h5-8,10-11H,9H2,1-4H3,(H,18,21)/t11-/m0/s1. The molecule has 1 aromatic heterocycles. The van der Waals surface area contributed by atoms with Gasteiger partial charge in [0.05, 0.1) is 5.39 Å². The molecule has 0 aliphatic rings. The Hall–Kier alpha value is -2.70. The lowest BCUT2D eigenvalue weighted by atomic mass is 10.1. The average molecular weight is 331 g/mol. The topological polar surface area (TPSA) is 90.3 Å². The number of fused-ring (bicyclic) bond motifs is 1. The van der Waals surface area contributed by atoms with E-state index in [4.69, 9.17) is 4.74 Å². The predicted octanol–water partition coefficient (Wildman–Crippen LogP) is 1.25. The zero-order chi connectivity index (χ0) is 17.9. The normalized spacial score (nSPS) is 12.2. The zero-order valence-electron chi connectivity index (χ0n) is 14.2. The molecule has 0 aliphatic carbocycles. The van der Waals surface area contributed by atoms with Crippen LogP contribution in [0.3, 0.4) is 0 Å². The van der Waals surface area contributed by atoms with Crippen molar-refractivity contribution in [2.75, 3.05) is 6.54 Å². The summed E-state index contributed by atoms with van der Waals surface area (Å²) in [6.07, 6.45) is -0.950. The Morgan fingerprint density at radius 3 is 2.46 bits per heavy atom. The fourth-order valence-electron chi connectivity index (χ4n) is 2.17. The molecule has 0 unspecified atom stereocenters. The Labute approximate surface area is 139 Å². The van der Waals surface area contributed by atoms with Gasteiger partial charge in [-0.15, -0.1) is 0 Å². The summed E-state index contributed by atoms with van der Waals surface area (Å²) in [7, 11) is 1.46. The fourth-order valence-corrected chi connectivity index (χ4v) is 2.17. The number of amides is 1. The molecular weight excluding hydrogens is 310 g/mol. The number of ether oxygens (including phenoxy) is 1. The third kappa shape index (κ3) is 3.79. The minimum atomic E-state index is -0.950. The summed E-state index contributed by atoms with van der Waals surface area (Å²) < 4.78 is 6.29. The lowest BCUT2D eigenvalue weighted by Gasteiger charge is -2.15. The summed E-state index contributed by atoms with van der Waals surface area (Å²) in [6.45, 7) is 5.94. The van der Waals surface area contributed by atoms with Crippen LogP contribution in [-0.2, 0) is 16.6 Å². The van der Waals surface area contributed by atoms with Gasteiger partial charge in [0.2, 0.25) is 0 Å². The highest BCUT2D eigenvalue weighted by Crippen LogP contribution is 2.14. The van der Waals surface area contributed by atoms with E-state index in [1.54, 1.807) is 24.3 Å². The number of carbonyl (C=O) groups excluding carboxylic acids is 2. The SMILES string of the molecule is CC(C)CNC(=O)[C@H](C)OC(=O)c1nn(C)c(=O)c2ccccc12. The zero-order valence-corrected chi connectivity index (χ0v) is 14.2. The van der Waals surface area contributed by atoms with E-state index in [-0.39, 0.29) is 17.2 Å². The number of aromatic nitrogens is 2. The number of hydrogen-bond acceptors (Lipinski definition) is 5. The van der Waals surface area contributed by atoms with Crippen LogP contribution in [0.5, 0.6) is 0 Å². The van der Waals surface area contributed by atoms with Gasteiger partial charge in [0, 0.05) is 19.0 Å². The van der Waals surface area contributed by atoms with Crippen molar-refractivity contribution in [3.63, 3.8) is 0 Å². The highest BCUT2D eigenvalue weighted by Gasteiger charge is 2.22. The van der Waals surface area contributed by atoms with Crippen molar-refractivity contribution in [1.82, 2.24) is 15.1 Å². The summed E-state index contributed by atoms with van der Waals surface area (Å²) >= 11 is 0. The minimum absolute atomic E-state index is 0.0104. The van der Waals surface area contributed by atoms with Crippen molar-refractivity contribution in [3.8, 4) is 0 Å². The molecule has 0 saturated carbocycles. The Bertz CT molecular complexity index is 826. The number of nitrogens with one attached hydrogen (secondary N) is 1. The van der Waals surface area contributed by atoms with E-state index in [1.165, 1.54) is 14.0 Å². The molecule has 24 heavy (non-hydrogen) atoms. The molecule has 1 atom stereocenters. The summed E-state index contributed by atoms with van der Waals surface area (Å²) in [5, 5.41) is 7.47. The molecule has 0 bridgehead atoms. The van der Waals surface area contributed by atoms with E-state index in [0.29, 0.717) is 23.2 Å². The maximum Gasteiger partial charge on any atom is 0.360 e. The third-order valence-corrected chi connectivity index (χ3v) is 3.49. The number of carbonyl (C=O) groups is 2. The number of hydrogen-bond donors (Lipinski definition) is 1. The Kier molecular flexibility index (Phi) is 5.33. The van der Waals surface area contributed by atoms with Gasteiger partial charge in [0.25, 0.3) is 11.5 Å². The van der Waals surface area contributed by atoms with Crippen molar-refractivity contribution >= 4 is 22.6 Å². The maximum absolute atomic E-state index is 12.4. The van der Waals surface area contributed by atoms with Crippen molar-refractivity contribution in [1.29, 1.82) is 0 Å². The molecule has 1 heterocycles. The van der Waals surface area contributed by atoms with Gasteiger partial charge in [-0.05, 0) is 18.9 Å². The molecule has 2 rings (SSSR count). The molecule has 1 N–H and O–H groups in total. The first kappa shape index (κ1) is 17.7. The lowest BCUT2D eigenvalue weighted by Crippen LogP contribution is -2.38. The van der Waals surface area contributed by atoms with E-state index >= 15 is 0 Å². The second-order valence-corrected chi connectivity index (χ2v) is 6.01. The summed E-state index contributed by atoms with van der Waals surface area (Å²) in [5.74, 6) is -0.814. The van der Waals surface area contributed by atoms with Crippen LogP contribution in [0.15, 0.2) is 29.1 Å². The van der Waals surface area contributed by atoms with Crippen LogP contribution in [0.4, 0.5) is 0 Å². The highest BCUT2D eigenvalue weighted by atomic mass is 16.5. The van der Waals surface area contributed by atoms with E-state index in [1.807, 2.05) is 13.8 Å². The van der Waals surface area contributed by atoms with Gasteiger partial charge in [-0.1, -0.05) is 32.0 Å². The first-order valence-electron chi connectivity index (χ1n) is 7.76. The molecule has 7 nitrogen and oxygen atoms in total. The number of aryl methyl sites for hydroxylation is 1. The molecule has 1 amide bonds. The van der Waals surface area contributed by atoms with Crippen LogP contribution in [0, 0.1) is 5.92 Å². The van der Waals surface area contributed by atoms with Gasteiger partial charge in [-0.2, -0.15) is 5.10 Å². The van der Waals surface area contributed by atoms with Crippen LogP contribution < -0.4 is 10.9 Å². The number of esters is 1. The number of nitrogens with zero attached hydrogens (tertiary/aromatic N) is 2. The molecule has 7 heteroatoms. The predicted molar refractivity (Wildman–Crippen MR) is 89.7 cm³/mol. The van der Waals surface area contributed by atoms with Crippen molar-refractivity contribution in [3.05, 3.63) is 40.3 Å². The largest absolute Gasteiger partial charge is 0.448 e. The second-order valence-electron chi connectivity index (χ2n) is 6.01. The summed E-state index contributed by atoms with van der Waals surface area (Å²) in [4.78, 5) is 36.4. The Morgan fingerprint density at radius 2 is 1.83 bits per heavy atom. The van der Waals surface area contributed by atoms with Crippen molar-refractivity contribution in [2.24, 2.45) is 13.0 Å². The van der Waals surface area contributed by atoms with Gasteiger partial charge < -0.3 is 10.1 Å². The smallest absolute Gasteiger partial charge is 0.360 e. The Morgan fingerprint density at radius 1 is 1.21 bits per heavy atom. The van der Waals surface area contributed by atoms with E-state index in [2.05, 4.69) is 10.4 Å². The lowest BCUT2D eigenvalue weighted by molar-refractivity contribution is -0.129. The first-order valence-corrected chi connectivity index (χ1v) is 7.76. The van der Waals surface area contributed by atoms with Crippen LogP contribution >= 0.6 is 0 Å². The van der Waals surface area contributed by atoms with E-state index in [0.717, 1.165) is 4.68 Å². The van der Waals surface area contributed by atoms with Gasteiger partial charge in [0.1, 0.15) is 0 Å². The average Bonchev–Trinajstić information content (AvgIpc) is 2.55. The van der Waals surface area contributed by atoms with Gasteiger partial charge in [-0.25, -0.2) is 9.48 Å². The Balaban J connectivity index is 2.24. The van der Waals surface area contributed by atoms with Crippen LogP contribution in [0.1, 0.15) is 31.3 Å². The quantitative estimate of drug-likeness (QED) is 0.833. The third-order valence-electron chi connectivity index (χ3n) is 3.49. The molecule has 0 saturated heterocycles. The second kappa shape index (κ2) is 7.25. The number of benzene rings is 1. The van der Waals surface area contributed by atoms with Crippen molar-refractivity contribution in [2.45, 2.75) is 26.9 Å². The van der Waals surface area contributed by atoms with Gasteiger partial charge >= 0.3 is 5.97 Å². The molecule has 0 radical (unpaired) electrons. The molecule has 0 aliphatic heterocycles. The monoisotopic (exact) mass is 331 g/mol. The fraction of sp³-hybridized carbons (Fsp3) is 0.412. The van der Waals surface area contributed by atoms with Gasteiger partial charge in [0.15, 0.2) is 11.8 Å². The molecule has 2 aromatic rings. The van der Waals surface area contributed by atoms with Crippen molar-refractivity contribution < 1.29 is 14.3 Å². The van der Waals surface area contributed by atoms with Crippen LogP contribution in [-0.4, -0.2) is 34.3 Å². The van der Waals surface area contributed by atoms with Crippen LogP contribution in [0.2, 0.25) is 0 Å². The first-order chi connectivity index (χ1) is 11.3. The van der Waals surface area contributed by atoms with E-state index in [9.17, 15) is 14.4 Å². The number of rotatable bonds is 5. The van der Waals surface area contributed by atoms with E-state index < -0.39 is 12.1 Å². The molecule has 0 spiro atoms. The molecule has 1 aromatic carbocycles. The van der Waals surface area contributed by atoms with Crippen LogP contribution in [0.25, 0.3) is 10.8 Å². The summed E-state index contributed by atoms with van der Waals surface area (Å²) in [6, 6.07) is 6.67. The minimum Gasteiger partial charge on any atom is -0.448 e. The highest BCUT2D eigenvalue weighted by molar-refractivity contribution is 6.02.